The fourth-order valence-corrected chi connectivity index (χ4v) is 2.72. The fourth-order valence-electron chi connectivity index (χ4n) is 2.72. The average Bonchev–Trinajstić information content (AvgIpc) is 2.76. The molecular formula is C21H19FN6O2. The minimum atomic E-state index is -0.767. The number of anilines is 1. The van der Waals surface area contributed by atoms with Crippen molar-refractivity contribution in [2.45, 2.75) is 13.5 Å². The van der Waals surface area contributed by atoms with Crippen molar-refractivity contribution in [2.75, 3.05) is 19.0 Å². The third-order valence-corrected chi connectivity index (χ3v) is 4.23. The Bertz CT molecular complexity index is 1110. The number of carbonyl (C=O) groups excluding carboxylic acids is 1. The quantitative estimate of drug-likeness (QED) is 0.617. The Morgan fingerprint density at radius 2 is 2.13 bits per heavy atom. The topological polar surface area (TPSA) is 127 Å². The predicted molar refractivity (Wildman–Crippen MR) is 108 cm³/mol. The van der Waals surface area contributed by atoms with Crippen LogP contribution < -0.4 is 15.8 Å². The summed E-state index contributed by atoms with van der Waals surface area (Å²) in [5, 5.41) is 11.8. The summed E-state index contributed by atoms with van der Waals surface area (Å²) in [6.45, 7) is 0.983. The van der Waals surface area contributed by atoms with Crippen LogP contribution in [0.4, 0.5) is 10.2 Å². The SMILES string of the molecule is Cc1cccnc1CNC(=O)c1c(N)nc(-c2cccc(C#N)c2)nc1OCCF. The van der Waals surface area contributed by atoms with Gasteiger partial charge in [-0.05, 0) is 30.7 Å². The van der Waals surface area contributed by atoms with E-state index in [2.05, 4.69) is 20.3 Å². The van der Waals surface area contributed by atoms with Crippen LogP contribution in [0.1, 0.15) is 27.2 Å². The number of aryl methyl sites for hydroxylation is 1. The van der Waals surface area contributed by atoms with Gasteiger partial charge in [0, 0.05) is 11.8 Å². The van der Waals surface area contributed by atoms with Gasteiger partial charge in [0.1, 0.15) is 24.7 Å². The summed E-state index contributed by atoms with van der Waals surface area (Å²) < 4.78 is 18.0. The Morgan fingerprint density at radius 1 is 1.30 bits per heavy atom. The van der Waals surface area contributed by atoms with Crippen molar-refractivity contribution in [3.05, 3.63) is 65.0 Å². The Morgan fingerprint density at radius 3 is 2.87 bits per heavy atom. The number of aromatic nitrogens is 3. The van der Waals surface area contributed by atoms with Gasteiger partial charge in [0.05, 0.1) is 23.9 Å². The number of hydrogen-bond donors (Lipinski definition) is 2. The predicted octanol–water partition coefficient (Wildman–Crippen LogP) is 2.58. The molecule has 3 rings (SSSR count). The lowest BCUT2D eigenvalue weighted by molar-refractivity contribution is 0.0945. The molecule has 1 amide bonds. The number of nitrogens with zero attached hydrogens (tertiary/aromatic N) is 4. The lowest BCUT2D eigenvalue weighted by Gasteiger charge is -2.14. The molecule has 8 nitrogen and oxygen atoms in total. The number of nitrogens with one attached hydrogen (secondary N) is 1. The summed E-state index contributed by atoms with van der Waals surface area (Å²) in [6, 6.07) is 12.3. The molecule has 3 aromatic rings. The van der Waals surface area contributed by atoms with Gasteiger partial charge in [0.2, 0.25) is 5.88 Å². The molecule has 0 radical (unpaired) electrons. The van der Waals surface area contributed by atoms with E-state index in [1.807, 2.05) is 19.1 Å². The van der Waals surface area contributed by atoms with E-state index in [4.69, 9.17) is 15.7 Å². The number of rotatable bonds is 7. The molecule has 0 saturated carbocycles. The molecule has 2 aromatic heterocycles. The third kappa shape index (κ3) is 4.67. The lowest BCUT2D eigenvalue weighted by atomic mass is 10.1. The van der Waals surface area contributed by atoms with E-state index in [0.717, 1.165) is 5.56 Å². The Labute approximate surface area is 172 Å². The van der Waals surface area contributed by atoms with Crippen molar-refractivity contribution >= 4 is 11.7 Å². The van der Waals surface area contributed by atoms with Crippen LogP contribution >= 0.6 is 0 Å². The molecule has 0 atom stereocenters. The van der Waals surface area contributed by atoms with Crippen LogP contribution in [-0.4, -0.2) is 34.1 Å². The Kier molecular flexibility index (Phi) is 6.49. The zero-order valence-electron chi connectivity index (χ0n) is 16.2. The first-order chi connectivity index (χ1) is 14.5. The highest BCUT2D eigenvalue weighted by molar-refractivity contribution is 6.00. The van der Waals surface area contributed by atoms with Gasteiger partial charge in [0.15, 0.2) is 5.82 Å². The number of ether oxygens (including phenoxy) is 1. The van der Waals surface area contributed by atoms with Gasteiger partial charge in [-0.25, -0.2) is 9.37 Å². The standard InChI is InChI=1S/C21H19FN6O2/c1-13-4-3-8-25-16(13)12-26-20(29)17-18(24)27-19(28-21(17)30-9-7-22)15-6-2-5-14(10-15)11-23/h2-6,8,10H,7,9,12H2,1H3,(H,26,29)(H2,24,27,28). The number of pyridine rings is 1. The van der Waals surface area contributed by atoms with Crippen LogP contribution in [0.3, 0.4) is 0 Å². The zero-order chi connectivity index (χ0) is 21.5. The van der Waals surface area contributed by atoms with E-state index in [1.54, 1.807) is 36.5 Å². The second-order valence-corrected chi connectivity index (χ2v) is 6.29. The molecule has 0 aliphatic carbocycles. The van der Waals surface area contributed by atoms with E-state index >= 15 is 0 Å². The van der Waals surface area contributed by atoms with Crippen LogP contribution in [0.5, 0.6) is 5.88 Å². The largest absolute Gasteiger partial charge is 0.474 e. The molecule has 0 unspecified atom stereocenters. The number of halogens is 1. The molecule has 1 aromatic carbocycles. The van der Waals surface area contributed by atoms with Gasteiger partial charge in [-0.1, -0.05) is 18.2 Å². The number of nitriles is 1. The molecule has 0 aliphatic rings. The first kappa shape index (κ1) is 20.7. The second-order valence-electron chi connectivity index (χ2n) is 6.29. The van der Waals surface area contributed by atoms with Crippen molar-refractivity contribution in [3.8, 4) is 23.3 Å². The lowest BCUT2D eigenvalue weighted by Crippen LogP contribution is -2.26. The van der Waals surface area contributed by atoms with Crippen molar-refractivity contribution in [1.82, 2.24) is 20.3 Å². The highest BCUT2D eigenvalue weighted by atomic mass is 19.1. The summed E-state index contributed by atoms with van der Waals surface area (Å²) in [5.41, 5.74) is 8.49. The van der Waals surface area contributed by atoms with Gasteiger partial charge < -0.3 is 15.8 Å². The van der Waals surface area contributed by atoms with Crippen LogP contribution in [-0.2, 0) is 6.54 Å². The number of nitrogens with two attached hydrogens (primary N) is 1. The Balaban J connectivity index is 1.93. The molecule has 9 heteroatoms. The van der Waals surface area contributed by atoms with Crippen LogP contribution in [0.25, 0.3) is 11.4 Å². The first-order valence-corrected chi connectivity index (χ1v) is 9.09. The van der Waals surface area contributed by atoms with Gasteiger partial charge in [-0.2, -0.15) is 10.2 Å². The highest BCUT2D eigenvalue weighted by Crippen LogP contribution is 2.26. The molecular weight excluding hydrogens is 387 g/mol. The number of hydrogen-bond acceptors (Lipinski definition) is 7. The molecule has 0 aliphatic heterocycles. The number of amides is 1. The molecule has 0 fully saturated rings. The monoisotopic (exact) mass is 406 g/mol. The maximum atomic E-state index is 12.8. The van der Waals surface area contributed by atoms with Gasteiger partial charge >= 0.3 is 0 Å². The van der Waals surface area contributed by atoms with Crippen molar-refractivity contribution in [1.29, 1.82) is 5.26 Å². The van der Waals surface area contributed by atoms with E-state index in [1.165, 1.54) is 0 Å². The van der Waals surface area contributed by atoms with Gasteiger partial charge in [0.25, 0.3) is 5.91 Å². The molecule has 3 N–H and O–H groups in total. The van der Waals surface area contributed by atoms with Crippen LogP contribution in [0.2, 0.25) is 0 Å². The maximum absolute atomic E-state index is 12.8. The van der Waals surface area contributed by atoms with Gasteiger partial charge in [-0.15, -0.1) is 0 Å². The molecule has 0 bridgehead atoms. The van der Waals surface area contributed by atoms with Crippen LogP contribution in [0, 0.1) is 18.3 Å². The third-order valence-electron chi connectivity index (χ3n) is 4.23. The number of alkyl halides is 1. The maximum Gasteiger partial charge on any atom is 0.260 e. The number of nitrogen functional groups attached to an aromatic ring is 1. The fraction of sp³-hybridized carbons (Fsp3) is 0.190. The van der Waals surface area contributed by atoms with Crippen molar-refractivity contribution in [3.63, 3.8) is 0 Å². The smallest absolute Gasteiger partial charge is 0.260 e. The molecule has 2 heterocycles. The average molecular weight is 406 g/mol. The molecule has 0 saturated heterocycles. The van der Waals surface area contributed by atoms with E-state index in [0.29, 0.717) is 16.8 Å². The molecule has 152 valence electrons. The van der Waals surface area contributed by atoms with Crippen LogP contribution in [0.15, 0.2) is 42.6 Å². The van der Waals surface area contributed by atoms with E-state index in [-0.39, 0.29) is 36.2 Å². The zero-order valence-corrected chi connectivity index (χ0v) is 16.2. The van der Waals surface area contributed by atoms with Gasteiger partial charge in [-0.3, -0.25) is 9.78 Å². The summed E-state index contributed by atoms with van der Waals surface area (Å²) in [7, 11) is 0. The summed E-state index contributed by atoms with van der Waals surface area (Å²) in [6.07, 6.45) is 1.63. The van der Waals surface area contributed by atoms with Crippen molar-refractivity contribution in [2.24, 2.45) is 0 Å². The normalized spacial score (nSPS) is 10.3. The molecule has 30 heavy (non-hydrogen) atoms. The second kappa shape index (κ2) is 9.43. The summed E-state index contributed by atoms with van der Waals surface area (Å²) in [5.74, 6) is -0.654. The summed E-state index contributed by atoms with van der Waals surface area (Å²) in [4.78, 5) is 25.4. The van der Waals surface area contributed by atoms with E-state index in [9.17, 15) is 9.18 Å². The first-order valence-electron chi connectivity index (χ1n) is 9.09. The molecule has 0 spiro atoms. The van der Waals surface area contributed by atoms with Crippen molar-refractivity contribution < 1.29 is 13.9 Å². The van der Waals surface area contributed by atoms with E-state index < -0.39 is 12.6 Å². The Hall–Kier alpha value is -4.06. The summed E-state index contributed by atoms with van der Waals surface area (Å²) >= 11 is 0. The minimum Gasteiger partial charge on any atom is -0.474 e. The number of benzene rings is 1. The highest BCUT2D eigenvalue weighted by Gasteiger charge is 2.22. The minimum absolute atomic E-state index is 0.0859. The number of carbonyl (C=O) groups is 1.